The van der Waals surface area contributed by atoms with Gasteiger partial charge in [0.2, 0.25) is 5.91 Å². The Morgan fingerprint density at radius 2 is 2.05 bits per heavy atom. The number of esters is 1. The second-order valence-corrected chi connectivity index (χ2v) is 4.93. The van der Waals surface area contributed by atoms with E-state index in [0.717, 1.165) is 10.0 Å². The van der Waals surface area contributed by atoms with Crippen LogP contribution in [0.15, 0.2) is 28.7 Å². The molecule has 0 spiro atoms. The van der Waals surface area contributed by atoms with Crippen molar-refractivity contribution in [1.29, 1.82) is 0 Å². The van der Waals surface area contributed by atoms with E-state index in [9.17, 15) is 9.59 Å². The number of carbonyl (C=O) groups is 2. The molecule has 0 unspecified atom stereocenters. The highest BCUT2D eigenvalue weighted by Gasteiger charge is 2.22. The van der Waals surface area contributed by atoms with Crippen molar-refractivity contribution in [2.75, 3.05) is 20.3 Å². The molecule has 0 aliphatic carbocycles. The third-order valence-corrected chi connectivity index (χ3v) is 3.41. The molecular formula is C14H18BrNO4. The molecule has 0 bridgehead atoms. The molecule has 1 aromatic rings. The summed E-state index contributed by atoms with van der Waals surface area (Å²) in [5.41, 5.74) is 0.916. The van der Waals surface area contributed by atoms with E-state index in [2.05, 4.69) is 21.2 Å². The second kappa shape index (κ2) is 8.71. The van der Waals surface area contributed by atoms with Gasteiger partial charge in [0.1, 0.15) is 12.6 Å². The van der Waals surface area contributed by atoms with Gasteiger partial charge in [0.25, 0.3) is 0 Å². The van der Waals surface area contributed by atoms with Crippen molar-refractivity contribution < 1.29 is 19.1 Å². The molecule has 20 heavy (non-hydrogen) atoms. The molecule has 1 aromatic carbocycles. The Labute approximate surface area is 126 Å². The van der Waals surface area contributed by atoms with E-state index in [1.807, 2.05) is 24.3 Å². The van der Waals surface area contributed by atoms with Crippen molar-refractivity contribution in [3.8, 4) is 0 Å². The van der Waals surface area contributed by atoms with Crippen molar-refractivity contribution in [1.82, 2.24) is 5.32 Å². The number of hydrogen-bond donors (Lipinski definition) is 1. The zero-order valence-corrected chi connectivity index (χ0v) is 13.1. The predicted octanol–water partition coefficient (Wildman–Crippen LogP) is 1.69. The number of benzene rings is 1. The molecule has 1 atom stereocenters. The van der Waals surface area contributed by atoms with Gasteiger partial charge >= 0.3 is 5.97 Å². The third kappa shape index (κ3) is 5.30. The fraction of sp³-hybridized carbons (Fsp3) is 0.429. The lowest BCUT2D eigenvalue weighted by atomic mass is 10.1. The molecule has 110 valence electrons. The molecule has 0 aliphatic rings. The number of halogens is 1. The largest absolute Gasteiger partial charge is 0.467 e. The van der Waals surface area contributed by atoms with Crippen LogP contribution in [0.25, 0.3) is 0 Å². The van der Waals surface area contributed by atoms with Crippen molar-refractivity contribution >= 4 is 27.8 Å². The van der Waals surface area contributed by atoms with Crippen molar-refractivity contribution in [2.24, 2.45) is 0 Å². The Kier molecular flexibility index (Phi) is 7.25. The van der Waals surface area contributed by atoms with Gasteiger partial charge in [-0.25, -0.2) is 4.79 Å². The van der Waals surface area contributed by atoms with Crippen molar-refractivity contribution in [2.45, 2.75) is 19.4 Å². The molecule has 6 heteroatoms. The molecule has 1 rings (SSSR count). The lowest BCUT2D eigenvalue weighted by Gasteiger charge is -2.17. The summed E-state index contributed by atoms with van der Waals surface area (Å²) in [7, 11) is 1.30. The minimum absolute atomic E-state index is 0.0695. The van der Waals surface area contributed by atoms with Crippen LogP contribution in [0, 0.1) is 0 Å². The number of amides is 1. The molecule has 0 fully saturated rings. The van der Waals surface area contributed by atoms with Gasteiger partial charge in [-0.05, 0) is 18.6 Å². The third-order valence-electron chi connectivity index (χ3n) is 2.64. The SMILES string of the molecule is CCOCC(=O)N[C@@H](Cc1ccccc1Br)C(=O)OC. The maximum Gasteiger partial charge on any atom is 0.328 e. The number of carbonyl (C=O) groups excluding carboxylic acids is 2. The Hall–Kier alpha value is -1.40. The number of hydrogen-bond acceptors (Lipinski definition) is 4. The first-order valence-electron chi connectivity index (χ1n) is 6.26. The van der Waals surface area contributed by atoms with Crippen molar-refractivity contribution in [3.63, 3.8) is 0 Å². The smallest absolute Gasteiger partial charge is 0.328 e. The van der Waals surface area contributed by atoms with Gasteiger partial charge in [0.05, 0.1) is 7.11 Å². The van der Waals surface area contributed by atoms with Crippen LogP contribution in [0.1, 0.15) is 12.5 Å². The average molecular weight is 344 g/mol. The first-order valence-corrected chi connectivity index (χ1v) is 7.06. The van der Waals surface area contributed by atoms with E-state index in [1.54, 1.807) is 6.92 Å². The Morgan fingerprint density at radius 1 is 1.35 bits per heavy atom. The highest BCUT2D eigenvalue weighted by Crippen LogP contribution is 2.17. The van der Waals surface area contributed by atoms with Crippen LogP contribution in [0.5, 0.6) is 0 Å². The normalized spacial score (nSPS) is 11.8. The average Bonchev–Trinajstić information content (AvgIpc) is 2.45. The topological polar surface area (TPSA) is 64.6 Å². The summed E-state index contributed by atoms with van der Waals surface area (Å²) in [5.74, 6) is -0.820. The summed E-state index contributed by atoms with van der Waals surface area (Å²) in [6.07, 6.45) is 0.353. The zero-order chi connectivity index (χ0) is 15.0. The van der Waals surface area contributed by atoms with Gasteiger partial charge in [-0.1, -0.05) is 34.1 Å². The Bertz CT molecular complexity index is 464. The molecule has 0 saturated heterocycles. The summed E-state index contributed by atoms with van der Waals surface area (Å²) < 4.78 is 10.6. The van der Waals surface area contributed by atoms with Gasteiger partial charge in [-0.2, -0.15) is 0 Å². The summed E-state index contributed by atoms with van der Waals surface area (Å²) in [6, 6.07) is 6.79. The monoisotopic (exact) mass is 343 g/mol. The minimum Gasteiger partial charge on any atom is -0.467 e. The molecule has 0 heterocycles. The van der Waals surface area contributed by atoms with Crippen LogP contribution in [-0.4, -0.2) is 38.2 Å². The maximum absolute atomic E-state index is 11.7. The highest BCUT2D eigenvalue weighted by atomic mass is 79.9. The van der Waals surface area contributed by atoms with Crippen LogP contribution in [0.2, 0.25) is 0 Å². The van der Waals surface area contributed by atoms with E-state index in [4.69, 9.17) is 9.47 Å². The number of methoxy groups -OCH3 is 1. The summed E-state index contributed by atoms with van der Waals surface area (Å²) >= 11 is 3.41. The number of ether oxygens (including phenoxy) is 2. The van der Waals surface area contributed by atoms with Crippen LogP contribution in [-0.2, 0) is 25.5 Å². The molecule has 1 N–H and O–H groups in total. The minimum atomic E-state index is -0.730. The molecule has 0 radical (unpaired) electrons. The summed E-state index contributed by atoms with van der Waals surface area (Å²) in [5, 5.41) is 2.62. The fourth-order valence-electron chi connectivity index (χ4n) is 1.65. The first-order chi connectivity index (χ1) is 9.58. The van der Waals surface area contributed by atoms with Gasteiger partial charge in [-0.3, -0.25) is 4.79 Å². The van der Waals surface area contributed by atoms with Gasteiger partial charge < -0.3 is 14.8 Å². The van der Waals surface area contributed by atoms with Crippen LogP contribution >= 0.6 is 15.9 Å². The van der Waals surface area contributed by atoms with E-state index in [1.165, 1.54) is 7.11 Å². The van der Waals surface area contributed by atoms with Crippen LogP contribution < -0.4 is 5.32 Å². The van der Waals surface area contributed by atoms with Gasteiger partial charge in [0.15, 0.2) is 0 Å². The maximum atomic E-state index is 11.7. The second-order valence-electron chi connectivity index (χ2n) is 4.08. The predicted molar refractivity (Wildman–Crippen MR) is 78.3 cm³/mol. The first kappa shape index (κ1) is 16.7. The van der Waals surface area contributed by atoms with E-state index in [-0.39, 0.29) is 12.5 Å². The van der Waals surface area contributed by atoms with E-state index in [0.29, 0.717) is 13.0 Å². The lowest BCUT2D eigenvalue weighted by Crippen LogP contribution is -2.44. The lowest BCUT2D eigenvalue weighted by molar-refractivity contribution is -0.145. The molecule has 0 aliphatic heterocycles. The molecule has 1 amide bonds. The summed E-state index contributed by atoms with van der Waals surface area (Å²) in [4.78, 5) is 23.4. The molecular weight excluding hydrogens is 326 g/mol. The zero-order valence-electron chi connectivity index (χ0n) is 11.5. The fourth-order valence-corrected chi connectivity index (χ4v) is 2.10. The quantitative estimate of drug-likeness (QED) is 0.765. The molecule has 0 saturated carbocycles. The molecule has 0 aromatic heterocycles. The summed E-state index contributed by atoms with van der Waals surface area (Å²) in [6.45, 7) is 2.17. The van der Waals surface area contributed by atoms with E-state index < -0.39 is 12.0 Å². The van der Waals surface area contributed by atoms with Crippen LogP contribution in [0.4, 0.5) is 0 Å². The number of nitrogens with one attached hydrogen (secondary N) is 1. The Balaban J connectivity index is 2.72. The van der Waals surface area contributed by atoms with Crippen LogP contribution in [0.3, 0.4) is 0 Å². The number of rotatable bonds is 7. The van der Waals surface area contributed by atoms with E-state index >= 15 is 0 Å². The van der Waals surface area contributed by atoms with Gasteiger partial charge in [-0.15, -0.1) is 0 Å². The van der Waals surface area contributed by atoms with Gasteiger partial charge in [0, 0.05) is 17.5 Å². The standard InChI is InChI=1S/C14H18BrNO4/c1-3-20-9-13(17)16-12(14(18)19-2)8-10-6-4-5-7-11(10)15/h4-7,12H,3,8-9H2,1-2H3,(H,16,17)/t12-/m0/s1. The Morgan fingerprint density at radius 3 is 2.65 bits per heavy atom. The molecule has 5 nitrogen and oxygen atoms in total. The van der Waals surface area contributed by atoms with Crippen molar-refractivity contribution in [3.05, 3.63) is 34.3 Å². The highest BCUT2D eigenvalue weighted by molar-refractivity contribution is 9.10.